The van der Waals surface area contributed by atoms with E-state index in [1.807, 2.05) is 41.8 Å². The van der Waals surface area contributed by atoms with Crippen molar-refractivity contribution < 1.29 is 23.4 Å². The molecule has 0 saturated heterocycles. The fourth-order valence-electron chi connectivity index (χ4n) is 2.77. The molecule has 0 radical (unpaired) electrons. The lowest BCUT2D eigenvalue weighted by Gasteiger charge is -2.17. The van der Waals surface area contributed by atoms with Crippen LogP contribution in [0.25, 0.3) is 17.3 Å². The maximum Gasteiger partial charge on any atom is 0.316 e. The molecule has 0 aliphatic heterocycles. The molecule has 2 aromatic heterocycles. The Morgan fingerprint density at radius 1 is 1.18 bits per heavy atom. The van der Waals surface area contributed by atoms with Gasteiger partial charge in [-0.25, -0.2) is 4.98 Å². The standard InChI is InChI=1S/C20H22N2O5S/c1-5-26-18(23)12-28-17-11-21-20(16-10-9-13(2)27-16)22(17)19-14(24-3)7-6-8-15(19)25-4/h6-11H,5,12H2,1-4H3. The number of carbonyl (C=O) groups is 1. The highest BCUT2D eigenvalue weighted by Crippen LogP contribution is 2.39. The topological polar surface area (TPSA) is 75.7 Å². The van der Waals surface area contributed by atoms with E-state index in [0.717, 1.165) is 10.8 Å². The zero-order chi connectivity index (χ0) is 20.1. The molecular formula is C20H22N2O5S. The minimum Gasteiger partial charge on any atom is -0.494 e. The van der Waals surface area contributed by atoms with E-state index in [-0.39, 0.29) is 11.7 Å². The Kier molecular flexibility index (Phi) is 6.30. The molecule has 2 heterocycles. The first kappa shape index (κ1) is 19.9. The first-order valence-electron chi connectivity index (χ1n) is 8.73. The minimum absolute atomic E-state index is 0.160. The summed E-state index contributed by atoms with van der Waals surface area (Å²) in [4.78, 5) is 16.4. The molecule has 0 atom stereocenters. The minimum atomic E-state index is -0.289. The number of para-hydroxylation sites is 1. The number of methoxy groups -OCH3 is 2. The van der Waals surface area contributed by atoms with Crippen molar-refractivity contribution in [1.82, 2.24) is 9.55 Å². The number of furan rings is 1. The fourth-order valence-corrected chi connectivity index (χ4v) is 3.55. The molecule has 0 aliphatic rings. The van der Waals surface area contributed by atoms with Crippen LogP contribution in [0.1, 0.15) is 12.7 Å². The van der Waals surface area contributed by atoms with Crippen LogP contribution in [-0.2, 0) is 9.53 Å². The number of hydrogen-bond donors (Lipinski definition) is 0. The lowest BCUT2D eigenvalue weighted by molar-refractivity contribution is -0.139. The molecule has 0 spiro atoms. The van der Waals surface area contributed by atoms with Crippen molar-refractivity contribution >= 4 is 17.7 Å². The normalized spacial score (nSPS) is 10.7. The monoisotopic (exact) mass is 402 g/mol. The summed E-state index contributed by atoms with van der Waals surface area (Å²) in [6.07, 6.45) is 1.70. The molecule has 28 heavy (non-hydrogen) atoms. The van der Waals surface area contributed by atoms with Crippen molar-refractivity contribution in [3.8, 4) is 28.8 Å². The van der Waals surface area contributed by atoms with Gasteiger partial charge < -0.3 is 18.6 Å². The van der Waals surface area contributed by atoms with E-state index in [9.17, 15) is 4.79 Å². The molecule has 148 valence electrons. The molecule has 8 heteroatoms. The lowest BCUT2D eigenvalue weighted by atomic mass is 10.2. The molecule has 0 aliphatic carbocycles. The zero-order valence-corrected chi connectivity index (χ0v) is 17.0. The van der Waals surface area contributed by atoms with Crippen molar-refractivity contribution in [3.63, 3.8) is 0 Å². The summed E-state index contributed by atoms with van der Waals surface area (Å²) in [6, 6.07) is 9.26. The number of benzene rings is 1. The number of aryl methyl sites for hydroxylation is 1. The number of nitrogens with zero attached hydrogens (tertiary/aromatic N) is 2. The fraction of sp³-hybridized carbons (Fsp3) is 0.300. The number of ether oxygens (including phenoxy) is 3. The van der Waals surface area contributed by atoms with Crippen molar-refractivity contribution in [3.05, 3.63) is 42.3 Å². The highest BCUT2D eigenvalue weighted by atomic mass is 32.2. The number of imidazole rings is 1. The Hall–Kier alpha value is -2.87. The number of thioether (sulfide) groups is 1. The van der Waals surface area contributed by atoms with Crippen LogP contribution in [0.3, 0.4) is 0 Å². The van der Waals surface area contributed by atoms with Gasteiger partial charge in [0, 0.05) is 0 Å². The third-order valence-corrected chi connectivity index (χ3v) is 4.92. The molecule has 0 bridgehead atoms. The average Bonchev–Trinajstić information content (AvgIpc) is 3.31. The first-order chi connectivity index (χ1) is 13.6. The van der Waals surface area contributed by atoms with E-state index in [4.69, 9.17) is 18.6 Å². The molecule has 7 nitrogen and oxygen atoms in total. The van der Waals surface area contributed by atoms with Gasteiger partial charge in [-0.15, -0.1) is 0 Å². The number of esters is 1. The lowest BCUT2D eigenvalue weighted by Crippen LogP contribution is -2.08. The molecule has 0 N–H and O–H groups in total. The van der Waals surface area contributed by atoms with Gasteiger partial charge in [-0.05, 0) is 38.1 Å². The molecule has 3 aromatic rings. The van der Waals surface area contributed by atoms with Crippen LogP contribution >= 0.6 is 11.8 Å². The molecule has 3 rings (SSSR count). The summed E-state index contributed by atoms with van der Waals surface area (Å²) in [5.41, 5.74) is 0.681. The Morgan fingerprint density at radius 3 is 2.46 bits per heavy atom. The van der Waals surface area contributed by atoms with Crippen LogP contribution in [0.5, 0.6) is 11.5 Å². The second kappa shape index (κ2) is 8.88. The van der Waals surface area contributed by atoms with Crippen LogP contribution in [0.15, 0.2) is 46.0 Å². The summed E-state index contributed by atoms with van der Waals surface area (Å²) >= 11 is 1.32. The number of carbonyl (C=O) groups excluding carboxylic acids is 1. The maximum atomic E-state index is 11.8. The Bertz CT molecular complexity index is 941. The third-order valence-electron chi connectivity index (χ3n) is 3.96. The third kappa shape index (κ3) is 4.01. The smallest absolute Gasteiger partial charge is 0.316 e. The highest BCUT2D eigenvalue weighted by Gasteiger charge is 2.23. The van der Waals surface area contributed by atoms with Crippen LogP contribution in [0.4, 0.5) is 0 Å². The van der Waals surface area contributed by atoms with Gasteiger partial charge in [0.25, 0.3) is 0 Å². The van der Waals surface area contributed by atoms with Crippen molar-refractivity contribution in [2.75, 3.05) is 26.6 Å². The molecule has 1 aromatic carbocycles. The number of rotatable bonds is 8. The Balaban J connectivity index is 2.14. The van der Waals surface area contributed by atoms with Crippen LogP contribution < -0.4 is 9.47 Å². The first-order valence-corrected chi connectivity index (χ1v) is 9.71. The van der Waals surface area contributed by atoms with Gasteiger partial charge in [0.15, 0.2) is 11.6 Å². The predicted molar refractivity (Wildman–Crippen MR) is 106 cm³/mol. The van der Waals surface area contributed by atoms with Crippen LogP contribution in [0, 0.1) is 6.92 Å². The largest absolute Gasteiger partial charge is 0.494 e. The number of aromatic nitrogens is 2. The molecule has 0 fully saturated rings. The van der Waals surface area contributed by atoms with Crippen molar-refractivity contribution in [2.24, 2.45) is 0 Å². The van der Waals surface area contributed by atoms with Gasteiger partial charge in [-0.2, -0.15) is 0 Å². The van der Waals surface area contributed by atoms with E-state index in [1.165, 1.54) is 11.8 Å². The summed E-state index contributed by atoms with van der Waals surface area (Å²) < 4.78 is 23.8. The van der Waals surface area contributed by atoms with Gasteiger partial charge >= 0.3 is 5.97 Å². The van der Waals surface area contributed by atoms with Gasteiger partial charge in [-0.3, -0.25) is 9.36 Å². The summed E-state index contributed by atoms with van der Waals surface area (Å²) in [6.45, 7) is 4.00. The molecule has 0 amide bonds. The van der Waals surface area contributed by atoms with Crippen molar-refractivity contribution in [2.45, 2.75) is 18.9 Å². The summed E-state index contributed by atoms with van der Waals surface area (Å²) in [5.74, 6) is 3.06. The molecule has 0 unspecified atom stereocenters. The van der Waals surface area contributed by atoms with Gasteiger partial charge in [0.2, 0.25) is 0 Å². The SMILES string of the molecule is CCOC(=O)CSc1cnc(-c2ccc(C)o2)n1-c1c(OC)cccc1OC. The molecule has 0 saturated carbocycles. The van der Waals surface area contributed by atoms with Gasteiger partial charge in [0.05, 0.1) is 32.8 Å². The van der Waals surface area contributed by atoms with E-state index < -0.39 is 0 Å². The Labute approximate surface area is 167 Å². The van der Waals surface area contributed by atoms with E-state index >= 15 is 0 Å². The second-order valence-corrected chi connectivity index (χ2v) is 6.77. The molecular weight excluding hydrogens is 380 g/mol. The Morgan fingerprint density at radius 2 is 1.89 bits per heavy atom. The van der Waals surface area contributed by atoms with Crippen LogP contribution in [0.2, 0.25) is 0 Å². The van der Waals surface area contributed by atoms with Gasteiger partial charge in [0.1, 0.15) is 28.0 Å². The maximum absolute atomic E-state index is 11.8. The van der Waals surface area contributed by atoms with E-state index in [0.29, 0.717) is 35.4 Å². The highest BCUT2D eigenvalue weighted by molar-refractivity contribution is 7.99. The zero-order valence-electron chi connectivity index (χ0n) is 16.2. The number of hydrogen-bond acceptors (Lipinski definition) is 7. The summed E-state index contributed by atoms with van der Waals surface area (Å²) in [7, 11) is 3.19. The van der Waals surface area contributed by atoms with Crippen molar-refractivity contribution in [1.29, 1.82) is 0 Å². The van der Waals surface area contributed by atoms with Gasteiger partial charge in [-0.1, -0.05) is 17.8 Å². The predicted octanol–water partition coefficient (Wildman–Crippen LogP) is 4.11. The quantitative estimate of drug-likeness (QED) is 0.414. The second-order valence-electron chi connectivity index (χ2n) is 5.77. The average molecular weight is 402 g/mol. The van der Waals surface area contributed by atoms with Crippen LogP contribution in [-0.4, -0.2) is 42.1 Å². The summed E-state index contributed by atoms with van der Waals surface area (Å²) in [5, 5.41) is 0.736. The van der Waals surface area contributed by atoms with E-state index in [2.05, 4.69) is 4.98 Å². The van der Waals surface area contributed by atoms with E-state index in [1.54, 1.807) is 27.3 Å².